The van der Waals surface area contributed by atoms with Gasteiger partial charge in [0.15, 0.2) is 0 Å². The van der Waals surface area contributed by atoms with E-state index in [0.29, 0.717) is 5.92 Å². The molecule has 0 radical (unpaired) electrons. The molecule has 0 aliphatic carbocycles. The van der Waals surface area contributed by atoms with Gasteiger partial charge < -0.3 is 15.8 Å². The highest BCUT2D eigenvalue weighted by atomic mass is 16.5. The molecule has 16 heavy (non-hydrogen) atoms. The highest BCUT2D eigenvalue weighted by Crippen LogP contribution is 2.21. The average molecular weight is 220 g/mol. The van der Waals surface area contributed by atoms with E-state index in [1.807, 2.05) is 12.1 Å². The molecule has 1 atom stereocenters. The SMILES string of the molecule is Cc1ccc(N)c(NCC2CCCOC2)c1. The van der Waals surface area contributed by atoms with Crippen molar-refractivity contribution in [1.82, 2.24) is 0 Å². The first kappa shape index (κ1) is 11.3. The van der Waals surface area contributed by atoms with Crippen LogP contribution in [0.2, 0.25) is 0 Å². The zero-order valence-electron chi connectivity index (χ0n) is 9.83. The van der Waals surface area contributed by atoms with Crippen LogP contribution >= 0.6 is 0 Å². The van der Waals surface area contributed by atoms with Gasteiger partial charge in [0.2, 0.25) is 0 Å². The zero-order valence-corrected chi connectivity index (χ0v) is 9.83. The summed E-state index contributed by atoms with van der Waals surface area (Å²) in [5.41, 5.74) is 9.01. The van der Waals surface area contributed by atoms with Gasteiger partial charge in [-0.2, -0.15) is 0 Å². The second-order valence-corrected chi connectivity index (χ2v) is 4.55. The third-order valence-corrected chi connectivity index (χ3v) is 3.04. The lowest BCUT2D eigenvalue weighted by atomic mass is 10.0. The molecule has 1 aliphatic rings. The number of nitrogens with two attached hydrogens (primary N) is 1. The number of hydrogen-bond donors (Lipinski definition) is 2. The van der Waals surface area contributed by atoms with Crippen LogP contribution in [0.25, 0.3) is 0 Å². The van der Waals surface area contributed by atoms with Gasteiger partial charge in [-0.15, -0.1) is 0 Å². The Morgan fingerprint density at radius 2 is 2.38 bits per heavy atom. The Kier molecular flexibility index (Phi) is 3.67. The van der Waals surface area contributed by atoms with E-state index < -0.39 is 0 Å². The highest BCUT2D eigenvalue weighted by molar-refractivity contribution is 5.66. The lowest BCUT2D eigenvalue weighted by molar-refractivity contribution is 0.0595. The lowest BCUT2D eigenvalue weighted by Crippen LogP contribution is -2.24. The fourth-order valence-electron chi connectivity index (χ4n) is 2.05. The van der Waals surface area contributed by atoms with Gasteiger partial charge in [0, 0.05) is 13.2 Å². The van der Waals surface area contributed by atoms with E-state index in [9.17, 15) is 0 Å². The van der Waals surface area contributed by atoms with Crippen LogP contribution in [-0.2, 0) is 4.74 Å². The van der Waals surface area contributed by atoms with Gasteiger partial charge in [0.1, 0.15) is 0 Å². The molecule has 0 spiro atoms. The third kappa shape index (κ3) is 2.89. The van der Waals surface area contributed by atoms with Gasteiger partial charge in [-0.1, -0.05) is 6.07 Å². The molecular weight excluding hydrogens is 200 g/mol. The van der Waals surface area contributed by atoms with Gasteiger partial charge in [-0.05, 0) is 43.4 Å². The molecule has 1 aromatic rings. The summed E-state index contributed by atoms with van der Waals surface area (Å²) in [5.74, 6) is 0.619. The molecule has 1 unspecified atom stereocenters. The van der Waals surface area contributed by atoms with E-state index >= 15 is 0 Å². The van der Waals surface area contributed by atoms with Crippen LogP contribution in [0, 0.1) is 12.8 Å². The maximum atomic E-state index is 5.91. The third-order valence-electron chi connectivity index (χ3n) is 3.04. The van der Waals surface area contributed by atoms with Crippen molar-refractivity contribution in [3.05, 3.63) is 23.8 Å². The second-order valence-electron chi connectivity index (χ2n) is 4.55. The number of aryl methyl sites for hydroxylation is 1. The normalized spacial score (nSPS) is 20.7. The van der Waals surface area contributed by atoms with Crippen molar-refractivity contribution >= 4 is 11.4 Å². The zero-order chi connectivity index (χ0) is 11.4. The van der Waals surface area contributed by atoms with E-state index in [-0.39, 0.29) is 0 Å². The van der Waals surface area contributed by atoms with Crippen molar-refractivity contribution < 1.29 is 4.74 Å². The molecule has 88 valence electrons. The topological polar surface area (TPSA) is 47.3 Å². The molecule has 2 rings (SSSR count). The number of nitrogens with one attached hydrogen (secondary N) is 1. The maximum absolute atomic E-state index is 5.91. The minimum Gasteiger partial charge on any atom is -0.397 e. The Morgan fingerprint density at radius 3 is 3.12 bits per heavy atom. The second kappa shape index (κ2) is 5.21. The first-order valence-electron chi connectivity index (χ1n) is 5.93. The molecular formula is C13H20N2O. The van der Waals surface area contributed by atoms with Gasteiger partial charge >= 0.3 is 0 Å². The molecule has 3 nitrogen and oxygen atoms in total. The number of anilines is 2. The standard InChI is InChI=1S/C13H20N2O/c1-10-4-5-12(14)13(7-10)15-8-11-3-2-6-16-9-11/h4-5,7,11,15H,2-3,6,8-9,14H2,1H3. The van der Waals surface area contributed by atoms with Gasteiger partial charge in [-0.25, -0.2) is 0 Å². The van der Waals surface area contributed by atoms with Crippen molar-refractivity contribution in [1.29, 1.82) is 0 Å². The molecule has 1 fully saturated rings. The molecule has 3 N–H and O–H groups in total. The van der Waals surface area contributed by atoms with E-state index in [0.717, 1.165) is 31.1 Å². The van der Waals surface area contributed by atoms with Gasteiger partial charge in [0.05, 0.1) is 18.0 Å². The highest BCUT2D eigenvalue weighted by Gasteiger charge is 2.13. The minimum atomic E-state index is 0.619. The van der Waals surface area contributed by atoms with E-state index in [1.54, 1.807) is 0 Å². The van der Waals surface area contributed by atoms with E-state index in [2.05, 4.69) is 18.3 Å². The molecule has 1 saturated heterocycles. The minimum absolute atomic E-state index is 0.619. The van der Waals surface area contributed by atoms with Crippen LogP contribution < -0.4 is 11.1 Å². The van der Waals surface area contributed by atoms with Crippen molar-refractivity contribution in [3.8, 4) is 0 Å². The molecule has 1 heterocycles. The lowest BCUT2D eigenvalue weighted by Gasteiger charge is -2.23. The van der Waals surface area contributed by atoms with Crippen LogP contribution in [-0.4, -0.2) is 19.8 Å². The molecule has 1 aromatic carbocycles. The quantitative estimate of drug-likeness (QED) is 0.769. The summed E-state index contributed by atoms with van der Waals surface area (Å²) in [4.78, 5) is 0. The summed E-state index contributed by atoms with van der Waals surface area (Å²) in [6.07, 6.45) is 2.42. The molecule has 3 heteroatoms. The average Bonchev–Trinajstić information content (AvgIpc) is 2.32. The van der Waals surface area contributed by atoms with E-state index in [4.69, 9.17) is 10.5 Å². The summed E-state index contributed by atoms with van der Waals surface area (Å²) in [5, 5.41) is 3.42. The fourth-order valence-corrected chi connectivity index (χ4v) is 2.05. The number of nitrogen functional groups attached to an aromatic ring is 1. The Bertz CT molecular complexity index is 346. The fraction of sp³-hybridized carbons (Fsp3) is 0.538. The Balaban J connectivity index is 1.90. The number of benzene rings is 1. The number of rotatable bonds is 3. The summed E-state index contributed by atoms with van der Waals surface area (Å²) in [7, 11) is 0. The molecule has 1 aliphatic heterocycles. The molecule has 0 saturated carbocycles. The summed E-state index contributed by atoms with van der Waals surface area (Å²) in [6.45, 7) is 4.82. The molecule has 0 aromatic heterocycles. The van der Waals surface area contributed by atoms with Crippen molar-refractivity contribution in [2.45, 2.75) is 19.8 Å². The summed E-state index contributed by atoms with van der Waals surface area (Å²) >= 11 is 0. The summed E-state index contributed by atoms with van der Waals surface area (Å²) in [6, 6.07) is 6.08. The van der Waals surface area contributed by atoms with Crippen LogP contribution in [0.1, 0.15) is 18.4 Å². The van der Waals surface area contributed by atoms with Crippen LogP contribution in [0.5, 0.6) is 0 Å². The summed E-state index contributed by atoms with van der Waals surface area (Å²) < 4.78 is 5.45. The van der Waals surface area contributed by atoms with Crippen LogP contribution in [0.4, 0.5) is 11.4 Å². The van der Waals surface area contributed by atoms with Crippen molar-refractivity contribution in [2.75, 3.05) is 30.8 Å². The maximum Gasteiger partial charge on any atom is 0.0576 e. The van der Waals surface area contributed by atoms with Crippen LogP contribution in [0.3, 0.4) is 0 Å². The first-order chi connectivity index (χ1) is 7.75. The molecule has 0 amide bonds. The van der Waals surface area contributed by atoms with Crippen molar-refractivity contribution in [3.63, 3.8) is 0 Å². The molecule has 0 bridgehead atoms. The van der Waals surface area contributed by atoms with Crippen molar-refractivity contribution in [2.24, 2.45) is 5.92 Å². The Labute approximate surface area is 97.0 Å². The Morgan fingerprint density at radius 1 is 1.50 bits per heavy atom. The smallest absolute Gasteiger partial charge is 0.0576 e. The van der Waals surface area contributed by atoms with E-state index in [1.165, 1.54) is 18.4 Å². The first-order valence-corrected chi connectivity index (χ1v) is 5.93. The largest absolute Gasteiger partial charge is 0.397 e. The van der Waals surface area contributed by atoms with Gasteiger partial charge in [0.25, 0.3) is 0 Å². The number of hydrogen-bond acceptors (Lipinski definition) is 3. The van der Waals surface area contributed by atoms with Crippen LogP contribution in [0.15, 0.2) is 18.2 Å². The van der Waals surface area contributed by atoms with Gasteiger partial charge in [-0.3, -0.25) is 0 Å². The Hall–Kier alpha value is -1.22. The number of ether oxygens (including phenoxy) is 1. The predicted octanol–water partition coefficient (Wildman–Crippen LogP) is 2.42. The predicted molar refractivity (Wildman–Crippen MR) is 67.6 cm³/mol. The monoisotopic (exact) mass is 220 g/mol.